The van der Waals surface area contributed by atoms with Gasteiger partial charge in [0.2, 0.25) is 0 Å². The lowest BCUT2D eigenvalue weighted by molar-refractivity contribution is -0.192. The molecule has 0 aliphatic carbocycles. The smallest absolute Gasteiger partial charge is 0.475 e. The van der Waals surface area contributed by atoms with Gasteiger partial charge in [0, 0.05) is 24.9 Å². The maximum Gasteiger partial charge on any atom is 0.490 e. The number of imidazole rings is 1. The molecule has 5 N–H and O–H groups in total. The summed E-state index contributed by atoms with van der Waals surface area (Å²) in [6.45, 7) is 3.51. The van der Waals surface area contributed by atoms with Crippen molar-refractivity contribution in [3.63, 3.8) is 0 Å². The van der Waals surface area contributed by atoms with E-state index < -0.39 is 12.1 Å². The van der Waals surface area contributed by atoms with E-state index in [-0.39, 0.29) is 0 Å². The van der Waals surface area contributed by atoms with E-state index in [1.165, 1.54) is 5.56 Å². The van der Waals surface area contributed by atoms with Crippen LogP contribution in [-0.4, -0.2) is 31.8 Å². The van der Waals surface area contributed by atoms with Gasteiger partial charge in [0.15, 0.2) is 5.82 Å². The molecule has 10 heteroatoms. The molecule has 180 valence electrons. The maximum absolute atomic E-state index is 10.6. The van der Waals surface area contributed by atoms with Crippen LogP contribution in [0.2, 0.25) is 0 Å². The van der Waals surface area contributed by atoms with E-state index in [0.29, 0.717) is 12.4 Å². The molecule has 2 heterocycles. The number of nitrogens with zero attached hydrogens (tertiary/aromatic N) is 3. The topological polar surface area (TPSA) is 120 Å². The number of alkyl halides is 3. The molecule has 0 fully saturated rings. The second-order valence-corrected chi connectivity index (χ2v) is 7.75. The van der Waals surface area contributed by atoms with Crippen molar-refractivity contribution in [2.24, 2.45) is 5.73 Å². The van der Waals surface area contributed by atoms with Crippen LogP contribution in [0, 0.1) is 0 Å². The monoisotopic (exact) mass is 473 g/mol. The number of anilines is 1. The maximum atomic E-state index is 10.6. The van der Waals surface area contributed by atoms with Gasteiger partial charge in [-0.1, -0.05) is 55.8 Å². The van der Waals surface area contributed by atoms with Gasteiger partial charge in [-0.05, 0) is 23.6 Å². The van der Waals surface area contributed by atoms with Crippen LogP contribution >= 0.6 is 0 Å². The predicted octanol–water partition coefficient (Wildman–Crippen LogP) is 4.65. The standard InChI is InChI=1S/C22H25N5.C2HF3O2/c1-2-3-8-19-26-20-21(17-6-4-5-7-18(17)25-22(20)24)27(19)14-16-11-9-15(13-23)10-12-16;3-2(4,5)1(6)7/h4-7,9-12H,2-3,8,13-14,23H2,1H3,(H2,24,25);(H,6,7). The lowest BCUT2D eigenvalue weighted by Crippen LogP contribution is -2.21. The summed E-state index contributed by atoms with van der Waals surface area (Å²) < 4.78 is 34.0. The Hall–Kier alpha value is -3.66. The van der Waals surface area contributed by atoms with Gasteiger partial charge in [-0.2, -0.15) is 13.2 Å². The third-order valence-corrected chi connectivity index (χ3v) is 5.29. The van der Waals surface area contributed by atoms with Crippen molar-refractivity contribution in [1.29, 1.82) is 0 Å². The van der Waals surface area contributed by atoms with Crippen LogP contribution in [0.4, 0.5) is 19.0 Å². The molecule has 0 atom stereocenters. The lowest BCUT2D eigenvalue weighted by Gasteiger charge is -2.11. The Kier molecular flexibility index (Phi) is 7.72. The van der Waals surface area contributed by atoms with E-state index in [4.69, 9.17) is 26.4 Å². The molecule has 4 aromatic rings. The Labute approximate surface area is 194 Å². The molecular weight excluding hydrogens is 447 g/mol. The molecule has 0 radical (unpaired) electrons. The van der Waals surface area contributed by atoms with Crippen LogP contribution in [0.15, 0.2) is 48.5 Å². The second kappa shape index (κ2) is 10.5. The number of benzene rings is 2. The Morgan fingerprint density at radius 1 is 1.06 bits per heavy atom. The van der Waals surface area contributed by atoms with Crippen LogP contribution in [0.25, 0.3) is 21.9 Å². The van der Waals surface area contributed by atoms with E-state index in [9.17, 15) is 13.2 Å². The molecule has 0 spiro atoms. The van der Waals surface area contributed by atoms with Gasteiger partial charge < -0.3 is 21.1 Å². The number of rotatable bonds is 6. The number of para-hydroxylation sites is 1. The third kappa shape index (κ3) is 5.63. The number of unbranched alkanes of at least 4 members (excludes halogenated alkanes) is 1. The number of nitrogens with two attached hydrogens (primary N) is 2. The van der Waals surface area contributed by atoms with Crippen molar-refractivity contribution < 1.29 is 23.1 Å². The fourth-order valence-electron chi connectivity index (χ4n) is 3.56. The number of carboxylic acid groups (broad SMARTS) is 1. The number of nitrogen functional groups attached to an aromatic ring is 1. The zero-order valence-electron chi connectivity index (χ0n) is 18.6. The Morgan fingerprint density at radius 2 is 1.68 bits per heavy atom. The molecule has 0 unspecified atom stereocenters. The summed E-state index contributed by atoms with van der Waals surface area (Å²) in [7, 11) is 0. The molecule has 0 saturated carbocycles. The first-order valence-corrected chi connectivity index (χ1v) is 10.8. The van der Waals surface area contributed by atoms with E-state index in [1.807, 2.05) is 18.2 Å². The largest absolute Gasteiger partial charge is 0.490 e. The minimum Gasteiger partial charge on any atom is -0.475 e. The zero-order valence-corrected chi connectivity index (χ0v) is 18.6. The highest BCUT2D eigenvalue weighted by atomic mass is 19.4. The summed E-state index contributed by atoms with van der Waals surface area (Å²) in [5.74, 6) is -1.19. The number of halogens is 3. The van der Waals surface area contributed by atoms with Crippen molar-refractivity contribution in [1.82, 2.24) is 14.5 Å². The van der Waals surface area contributed by atoms with Crippen LogP contribution in [-0.2, 0) is 24.3 Å². The van der Waals surface area contributed by atoms with Crippen molar-refractivity contribution in [2.75, 3.05) is 5.73 Å². The predicted molar refractivity (Wildman–Crippen MR) is 125 cm³/mol. The van der Waals surface area contributed by atoms with E-state index in [0.717, 1.165) is 59.1 Å². The number of aryl methyl sites for hydroxylation is 1. The van der Waals surface area contributed by atoms with Gasteiger partial charge in [0.25, 0.3) is 0 Å². The number of fused-ring (bicyclic) bond motifs is 3. The summed E-state index contributed by atoms with van der Waals surface area (Å²) in [6.07, 6.45) is -1.93. The average molecular weight is 473 g/mol. The molecule has 7 nitrogen and oxygen atoms in total. The SMILES string of the molecule is CCCCc1nc2c(N)nc3ccccc3c2n1Cc1ccc(CN)cc1.O=C(O)C(F)(F)F. The lowest BCUT2D eigenvalue weighted by atomic mass is 10.1. The molecule has 0 bridgehead atoms. The highest BCUT2D eigenvalue weighted by molar-refractivity contribution is 6.06. The van der Waals surface area contributed by atoms with Gasteiger partial charge in [0.1, 0.15) is 11.3 Å². The molecule has 34 heavy (non-hydrogen) atoms. The van der Waals surface area contributed by atoms with E-state index in [2.05, 4.69) is 46.8 Å². The van der Waals surface area contributed by atoms with Crippen molar-refractivity contribution in [3.8, 4) is 0 Å². The van der Waals surface area contributed by atoms with E-state index >= 15 is 0 Å². The molecule has 2 aromatic heterocycles. The van der Waals surface area contributed by atoms with Gasteiger partial charge in [-0.15, -0.1) is 0 Å². The number of pyridine rings is 1. The fraction of sp³-hybridized carbons (Fsp3) is 0.292. The number of hydrogen-bond acceptors (Lipinski definition) is 5. The minimum absolute atomic E-state index is 0.499. The second-order valence-electron chi connectivity index (χ2n) is 7.75. The summed E-state index contributed by atoms with van der Waals surface area (Å²) >= 11 is 0. The van der Waals surface area contributed by atoms with Crippen LogP contribution in [0.1, 0.15) is 36.7 Å². The summed E-state index contributed by atoms with van der Waals surface area (Å²) in [4.78, 5) is 18.3. The first kappa shape index (κ1) is 25.0. The molecular formula is C24H26F3N5O2. The van der Waals surface area contributed by atoms with Crippen molar-refractivity contribution in [2.45, 2.75) is 45.5 Å². The third-order valence-electron chi connectivity index (χ3n) is 5.29. The Balaban J connectivity index is 0.000000406. The fourth-order valence-corrected chi connectivity index (χ4v) is 3.56. The van der Waals surface area contributed by atoms with Crippen LogP contribution in [0.3, 0.4) is 0 Å². The van der Waals surface area contributed by atoms with Gasteiger partial charge in [-0.3, -0.25) is 0 Å². The number of carbonyl (C=O) groups is 1. The number of aromatic nitrogens is 3. The van der Waals surface area contributed by atoms with Crippen LogP contribution in [0.5, 0.6) is 0 Å². The van der Waals surface area contributed by atoms with Crippen molar-refractivity contribution in [3.05, 3.63) is 65.5 Å². The molecule has 0 amide bonds. The average Bonchev–Trinajstić information content (AvgIpc) is 3.17. The first-order chi connectivity index (χ1) is 16.2. The summed E-state index contributed by atoms with van der Waals surface area (Å²) in [6, 6.07) is 16.6. The highest BCUT2D eigenvalue weighted by Gasteiger charge is 2.38. The molecule has 0 aliphatic heterocycles. The highest BCUT2D eigenvalue weighted by Crippen LogP contribution is 2.30. The van der Waals surface area contributed by atoms with Crippen molar-refractivity contribution >= 4 is 33.7 Å². The first-order valence-electron chi connectivity index (χ1n) is 10.8. The molecule has 4 rings (SSSR count). The van der Waals surface area contributed by atoms with Gasteiger partial charge >= 0.3 is 12.1 Å². The van der Waals surface area contributed by atoms with Gasteiger partial charge in [0.05, 0.1) is 11.0 Å². The number of carboxylic acids is 1. The number of hydrogen-bond donors (Lipinski definition) is 3. The quantitative estimate of drug-likeness (QED) is 0.375. The van der Waals surface area contributed by atoms with E-state index in [1.54, 1.807) is 0 Å². The molecule has 2 aromatic carbocycles. The summed E-state index contributed by atoms with van der Waals surface area (Å²) in [5.41, 5.74) is 17.1. The van der Waals surface area contributed by atoms with Gasteiger partial charge in [-0.25, -0.2) is 14.8 Å². The normalized spacial score (nSPS) is 11.4. The summed E-state index contributed by atoms with van der Waals surface area (Å²) in [5, 5.41) is 8.22. The minimum atomic E-state index is -5.08. The van der Waals surface area contributed by atoms with Crippen LogP contribution < -0.4 is 11.5 Å². The Morgan fingerprint density at radius 3 is 2.26 bits per heavy atom. The molecule has 0 saturated heterocycles. The zero-order chi connectivity index (χ0) is 24.9. The Bertz CT molecular complexity index is 1280. The molecule has 0 aliphatic rings. The number of aliphatic carboxylic acids is 1.